The van der Waals surface area contributed by atoms with E-state index in [1.54, 1.807) is 12.4 Å². The van der Waals surface area contributed by atoms with E-state index >= 15 is 0 Å². The first-order valence-electron chi connectivity index (χ1n) is 10.00. The zero-order valence-electron chi connectivity index (χ0n) is 16.5. The molecule has 0 radical (unpaired) electrons. The van der Waals surface area contributed by atoms with E-state index in [1.165, 1.54) is 0 Å². The van der Waals surface area contributed by atoms with Gasteiger partial charge in [-0.1, -0.05) is 12.1 Å². The predicted molar refractivity (Wildman–Crippen MR) is 110 cm³/mol. The van der Waals surface area contributed by atoms with Crippen LogP contribution in [0.25, 0.3) is 11.4 Å². The topological polar surface area (TPSA) is 77.0 Å². The Hall–Kier alpha value is -3.28. The number of ether oxygens (including phenoxy) is 1. The Bertz CT molecular complexity index is 974. The minimum Gasteiger partial charge on any atom is -0.494 e. The SMILES string of the molecule is CCOc1ccc(CC(=O)N[C@H]2CCCc3nc(-c4ccncc4)ncc32)cc1. The van der Waals surface area contributed by atoms with E-state index < -0.39 is 0 Å². The lowest BCUT2D eigenvalue weighted by atomic mass is 9.92. The summed E-state index contributed by atoms with van der Waals surface area (Å²) in [5.74, 6) is 1.53. The van der Waals surface area contributed by atoms with Gasteiger partial charge >= 0.3 is 0 Å². The molecule has 1 aliphatic rings. The maximum absolute atomic E-state index is 12.6. The summed E-state index contributed by atoms with van der Waals surface area (Å²) in [5, 5.41) is 3.16. The molecule has 0 bridgehead atoms. The zero-order chi connectivity index (χ0) is 20.1. The first kappa shape index (κ1) is 19.1. The van der Waals surface area contributed by atoms with Gasteiger partial charge in [0.15, 0.2) is 5.82 Å². The van der Waals surface area contributed by atoms with Crippen molar-refractivity contribution in [1.29, 1.82) is 0 Å². The van der Waals surface area contributed by atoms with Gasteiger partial charge < -0.3 is 10.1 Å². The number of amides is 1. The summed E-state index contributed by atoms with van der Waals surface area (Å²) in [7, 11) is 0. The second kappa shape index (κ2) is 8.82. The van der Waals surface area contributed by atoms with Gasteiger partial charge in [0.2, 0.25) is 5.91 Å². The van der Waals surface area contributed by atoms with Gasteiger partial charge in [0, 0.05) is 35.4 Å². The summed E-state index contributed by atoms with van der Waals surface area (Å²) in [5.41, 5.74) is 3.95. The summed E-state index contributed by atoms with van der Waals surface area (Å²) in [6.07, 6.45) is 8.48. The molecule has 1 amide bonds. The lowest BCUT2D eigenvalue weighted by Gasteiger charge is -2.25. The molecule has 2 aromatic heterocycles. The average Bonchev–Trinajstić information content (AvgIpc) is 2.76. The number of pyridine rings is 1. The Balaban J connectivity index is 1.44. The van der Waals surface area contributed by atoms with E-state index in [9.17, 15) is 4.79 Å². The van der Waals surface area contributed by atoms with Crippen molar-refractivity contribution in [3.8, 4) is 17.1 Å². The number of rotatable bonds is 6. The number of hydrogen-bond acceptors (Lipinski definition) is 5. The van der Waals surface area contributed by atoms with Crippen LogP contribution in [0.5, 0.6) is 5.75 Å². The van der Waals surface area contributed by atoms with Crippen LogP contribution in [0.15, 0.2) is 55.0 Å². The number of hydrogen-bond donors (Lipinski definition) is 1. The molecule has 29 heavy (non-hydrogen) atoms. The highest BCUT2D eigenvalue weighted by molar-refractivity contribution is 5.79. The highest BCUT2D eigenvalue weighted by Gasteiger charge is 2.24. The molecule has 0 unspecified atom stereocenters. The van der Waals surface area contributed by atoms with Gasteiger partial charge in [-0.15, -0.1) is 0 Å². The van der Waals surface area contributed by atoms with Gasteiger partial charge in [-0.25, -0.2) is 9.97 Å². The molecule has 3 aromatic rings. The minimum absolute atomic E-state index is 0.00483. The predicted octanol–water partition coefficient (Wildman–Crippen LogP) is 3.67. The van der Waals surface area contributed by atoms with Gasteiger partial charge in [-0.3, -0.25) is 9.78 Å². The molecule has 1 aromatic carbocycles. The molecule has 4 rings (SSSR count). The standard InChI is InChI=1S/C23H24N4O2/c1-2-29-18-8-6-16(7-9-18)14-22(28)26-20-4-3-5-21-19(20)15-25-23(27-21)17-10-12-24-13-11-17/h6-13,15,20H,2-5,14H2,1H3,(H,26,28)/t20-/m0/s1. The van der Waals surface area contributed by atoms with Gasteiger partial charge in [0.05, 0.1) is 19.1 Å². The molecule has 2 heterocycles. The monoisotopic (exact) mass is 388 g/mol. The van der Waals surface area contributed by atoms with Crippen molar-refractivity contribution in [2.45, 2.75) is 38.6 Å². The van der Waals surface area contributed by atoms with Crippen molar-refractivity contribution < 1.29 is 9.53 Å². The van der Waals surface area contributed by atoms with E-state index in [2.05, 4.69) is 15.3 Å². The first-order chi connectivity index (χ1) is 14.2. The average molecular weight is 388 g/mol. The molecule has 0 fully saturated rings. The van der Waals surface area contributed by atoms with Gasteiger partial charge in [0.25, 0.3) is 0 Å². The zero-order valence-corrected chi connectivity index (χ0v) is 16.5. The molecule has 1 N–H and O–H groups in total. The number of aromatic nitrogens is 3. The third kappa shape index (κ3) is 4.59. The normalized spacial score (nSPS) is 15.4. The number of carbonyl (C=O) groups is 1. The van der Waals surface area contributed by atoms with Crippen LogP contribution in [0.2, 0.25) is 0 Å². The Morgan fingerprint density at radius 3 is 2.72 bits per heavy atom. The van der Waals surface area contributed by atoms with E-state index in [-0.39, 0.29) is 11.9 Å². The number of carbonyl (C=O) groups excluding carboxylic acids is 1. The van der Waals surface area contributed by atoms with E-state index in [4.69, 9.17) is 9.72 Å². The Morgan fingerprint density at radius 1 is 1.17 bits per heavy atom. The van der Waals surface area contributed by atoms with Crippen molar-refractivity contribution >= 4 is 5.91 Å². The van der Waals surface area contributed by atoms with Crippen LogP contribution in [0.3, 0.4) is 0 Å². The lowest BCUT2D eigenvalue weighted by Crippen LogP contribution is -2.32. The van der Waals surface area contributed by atoms with E-state index in [1.807, 2.05) is 49.5 Å². The molecule has 0 aliphatic heterocycles. The Kier molecular flexibility index (Phi) is 5.79. The highest BCUT2D eigenvalue weighted by Crippen LogP contribution is 2.29. The molecule has 1 atom stereocenters. The molecule has 0 saturated heterocycles. The molecule has 6 heteroatoms. The molecule has 148 valence electrons. The molecule has 0 saturated carbocycles. The first-order valence-corrected chi connectivity index (χ1v) is 10.00. The third-order valence-corrected chi connectivity index (χ3v) is 5.05. The van der Waals surface area contributed by atoms with Crippen LogP contribution in [0.1, 0.15) is 42.6 Å². The summed E-state index contributed by atoms with van der Waals surface area (Å²) in [6.45, 7) is 2.58. The smallest absolute Gasteiger partial charge is 0.224 e. The van der Waals surface area contributed by atoms with Crippen molar-refractivity contribution in [3.63, 3.8) is 0 Å². The number of fused-ring (bicyclic) bond motifs is 1. The van der Waals surface area contributed by atoms with E-state index in [0.717, 1.165) is 47.4 Å². The minimum atomic E-state index is -0.0413. The maximum atomic E-state index is 12.6. The van der Waals surface area contributed by atoms with Crippen molar-refractivity contribution in [2.75, 3.05) is 6.61 Å². The highest BCUT2D eigenvalue weighted by atomic mass is 16.5. The second-order valence-electron chi connectivity index (χ2n) is 7.10. The quantitative estimate of drug-likeness (QED) is 0.697. The maximum Gasteiger partial charge on any atom is 0.224 e. The van der Waals surface area contributed by atoms with Crippen LogP contribution in [-0.4, -0.2) is 27.5 Å². The number of nitrogens with zero attached hydrogens (tertiary/aromatic N) is 3. The van der Waals surface area contributed by atoms with Crippen molar-refractivity contribution in [2.24, 2.45) is 0 Å². The van der Waals surface area contributed by atoms with E-state index in [0.29, 0.717) is 18.9 Å². The van der Waals surface area contributed by atoms with Crippen LogP contribution in [0.4, 0.5) is 0 Å². The molecular weight excluding hydrogens is 364 g/mol. The molecule has 6 nitrogen and oxygen atoms in total. The van der Waals surface area contributed by atoms with Crippen LogP contribution in [-0.2, 0) is 17.6 Å². The summed E-state index contributed by atoms with van der Waals surface area (Å²) in [6, 6.07) is 11.4. The Morgan fingerprint density at radius 2 is 1.97 bits per heavy atom. The molecule has 0 spiro atoms. The Labute approximate surface area is 170 Å². The third-order valence-electron chi connectivity index (χ3n) is 5.05. The lowest BCUT2D eigenvalue weighted by molar-refractivity contribution is -0.121. The van der Waals surface area contributed by atoms with Crippen LogP contribution in [0, 0.1) is 0 Å². The summed E-state index contributed by atoms with van der Waals surface area (Å²) in [4.78, 5) is 25.9. The van der Waals surface area contributed by atoms with Crippen molar-refractivity contribution in [3.05, 3.63) is 71.8 Å². The number of nitrogens with one attached hydrogen (secondary N) is 1. The molecular formula is C23H24N4O2. The van der Waals surface area contributed by atoms with Crippen LogP contribution < -0.4 is 10.1 Å². The summed E-state index contributed by atoms with van der Waals surface area (Å²) < 4.78 is 5.45. The number of benzene rings is 1. The number of aryl methyl sites for hydroxylation is 1. The second-order valence-corrected chi connectivity index (χ2v) is 7.10. The largest absolute Gasteiger partial charge is 0.494 e. The van der Waals surface area contributed by atoms with Gasteiger partial charge in [-0.05, 0) is 56.0 Å². The van der Waals surface area contributed by atoms with Crippen molar-refractivity contribution in [1.82, 2.24) is 20.3 Å². The molecule has 1 aliphatic carbocycles. The fraction of sp³-hybridized carbons (Fsp3) is 0.304. The van der Waals surface area contributed by atoms with Crippen LogP contribution >= 0.6 is 0 Å². The fourth-order valence-corrected chi connectivity index (χ4v) is 3.64. The van der Waals surface area contributed by atoms with Gasteiger partial charge in [0.1, 0.15) is 5.75 Å². The fourth-order valence-electron chi connectivity index (χ4n) is 3.64. The summed E-state index contributed by atoms with van der Waals surface area (Å²) >= 11 is 0. The van der Waals surface area contributed by atoms with Gasteiger partial charge in [-0.2, -0.15) is 0 Å².